The molecular formula is C25H32FN3O4S. The number of sulfonamides is 1. The molecule has 2 amide bonds. The number of amides is 2. The maximum absolute atomic E-state index is 13.6. The summed E-state index contributed by atoms with van der Waals surface area (Å²) < 4.78 is 39.5. The zero-order chi connectivity index (χ0) is 24.7. The zero-order valence-electron chi connectivity index (χ0n) is 19.6. The Morgan fingerprint density at radius 1 is 1.06 bits per heavy atom. The lowest BCUT2D eigenvalue weighted by atomic mass is 10.1. The summed E-state index contributed by atoms with van der Waals surface area (Å²) in [6, 6.07) is 13.4. The summed E-state index contributed by atoms with van der Waals surface area (Å²) in [5.41, 5.74) is 1.01. The Balaban J connectivity index is 1.89. The van der Waals surface area contributed by atoms with E-state index in [-0.39, 0.29) is 18.5 Å². The van der Waals surface area contributed by atoms with E-state index in [1.165, 1.54) is 17.0 Å². The monoisotopic (exact) mass is 489 g/mol. The van der Waals surface area contributed by atoms with Crippen LogP contribution >= 0.6 is 0 Å². The molecule has 1 aliphatic rings. The molecule has 1 saturated carbocycles. The van der Waals surface area contributed by atoms with Crippen LogP contribution in [0.3, 0.4) is 0 Å². The van der Waals surface area contributed by atoms with Crippen LogP contribution in [-0.2, 0) is 26.2 Å². The van der Waals surface area contributed by atoms with Gasteiger partial charge >= 0.3 is 0 Å². The molecule has 1 atom stereocenters. The van der Waals surface area contributed by atoms with Crippen molar-refractivity contribution in [3.05, 3.63) is 66.0 Å². The van der Waals surface area contributed by atoms with E-state index in [1.54, 1.807) is 42.5 Å². The van der Waals surface area contributed by atoms with Crippen molar-refractivity contribution in [1.29, 1.82) is 0 Å². The summed E-state index contributed by atoms with van der Waals surface area (Å²) in [5, 5.41) is 3.05. The number of benzene rings is 2. The molecule has 1 fully saturated rings. The first-order valence-corrected chi connectivity index (χ1v) is 13.4. The van der Waals surface area contributed by atoms with Crippen LogP contribution in [0.2, 0.25) is 0 Å². The first-order valence-electron chi connectivity index (χ1n) is 11.6. The fourth-order valence-electron chi connectivity index (χ4n) is 4.28. The van der Waals surface area contributed by atoms with Gasteiger partial charge in [0.1, 0.15) is 18.4 Å². The van der Waals surface area contributed by atoms with E-state index in [0.29, 0.717) is 17.7 Å². The summed E-state index contributed by atoms with van der Waals surface area (Å²) in [6.07, 6.45) is 5.33. The van der Waals surface area contributed by atoms with Crippen molar-refractivity contribution in [2.24, 2.45) is 0 Å². The molecule has 0 aliphatic heterocycles. The molecule has 7 nitrogen and oxygen atoms in total. The first-order chi connectivity index (χ1) is 16.2. The number of carbonyl (C=O) groups excluding carboxylic acids is 2. The first kappa shape index (κ1) is 25.7. The lowest BCUT2D eigenvalue weighted by Gasteiger charge is -2.33. The minimum absolute atomic E-state index is 0.0576. The van der Waals surface area contributed by atoms with Crippen molar-refractivity contribution in [2.45, 2.75) is 57.7 Å². The molecule has 184 valence electrons. The molecule has 0 bridgehead atoms. The van der Waals surface area contributed by atoms with Gasteiger partial charge in [0.2, 0.25) is 21.8 Å². The molecule has 0 radical (unpaired) electrons. The molecule has 0 spiro atoms. The van der Waals surface area contributed by atoms with E-state index in [4.69, 9.17) is 0 Å². The van der Waals surface area contributed by atoms with Crippen LogP contribution in [0.5, 0.6) is 0 Å². The molecule has 34 heavy (non-hydrogen) atoms. The largest absolute Gasteiger partial charge is 0.352 e. The van der Waals surface area contributed by atoms with Gasteiger partial charge < -0.3 is 10.2 Å². The van der Waals surface area contributed by atoms with Crippen molar-refractivity contribution in [3.63, 3.8) is 0 Å². The van der Waals surface area contributed by atoms with E-state index >= 15 is 0 Å². The molecule has 1 aliphatic carbocycles. The van der Waals surface area contributed by atoms with Crippen LogP contribution in [0.4, 0.5) is 10.1 Å². The van der Waals surface area contributed by atoms with E-state index in [2.05, 4.69) is 5.32 Å². The van der Waals surface area contributed by atoms with Gasteiger partial charge in [-0.3, -0.25) is 13.9 Å². The standard InChI is InChI=1S/C25H32FN3O4S/c1-3-23(25(31)27-21-9-7-8-10-21)28(17-19-13-15-20(26)16-14-19)24(30)18-29(34(2,32)33)22-11-5-4-6-12-22/h4-6,11-16,21,23H,3,7-10,17-18H2,1-2H3,(H,27,31)/t23-/m1/s1. The van der Waals surface area contributed by atoms with E-state index < -0.39 is 34.3 Å². The van der Waals surface area contributed by atoms with E-state index in [9.17, 15) is 22.4 Å². The second-order valence-corrected chi connectivity index (χ2v) is 10.6. The van der Waals surface area contributed by atoms with Crippen molar-refractivity contribution in [3.8, 4) is 0 Å². The van der Waals surface area contributed by atoms with E-state index in [1.807, 2.05) is 6.92 Å². The van der Waals surface area contributed by atoms with Crippen LogP contribution < -0.4 is 9.62 Å². The number of nitrogens with zero attached hydrogens (tertiary/aromatic N) is 2. The maximum atomic E-state index is 13.6. The normalized spacial score (nSPS) is 15.0. The SMILES string of the molecule is CC[C@H](C(=O)NC1CCCC1)N(Cc1ccc(F)cc1)C(=O)CN(c1ccccc1)S(C)(=O)=O. The Morgan fingerprint density at radius 3 is 2.24 bits per heavy atom. The predicted octanol–water partition coefficient (Wildman–Crippen LogP) is 3.46. The van der Waals surface area contributed by atoms with Crippen LogP contribution in [0.25, 0.3) is 0 Å². The second-order valence-electron chi connectivity index (χ2n) is 8.67. The average Bonchev–Trinajstić information content (AvgIpc) is 3.31. The minimum Gasteiger partial charge on any atom is -0.352 e. The second kappa shape index (κ2) is 11.5. The average molecular weight is 490 g/mol. The smallest absolute Gasteiger partial charge is 0.244 e. The maximum Gasteiger partial charge on any atom is 0.244 e. The third-order valence-corrected chi connectivity index (χ3v) is 7.22. The van der Waals surface area contributed by atoms with Crippen molar-refractivity contribution in [2.75, 3.05) is 17.1 Å². The number of nitrogens with one attached hydrogen (secondary N) is 1. The van der Waals surface area contributed by atoms with Gasteiger partial charge in [-0.25, -0.2) is 12.8 Å². The summed E-state index contributed by atoms with van der Waals surface area (Å²) in [5.74, 6) is -1.16. The number of hydrogen-bond donors (Lipinski definition) is 1. The summed E-state index contributed by atoms with van der Waals surface area (Å²) in [7, 11) is -3.76. The van der Waals surface area contributed by atoms with Gasteiger partial charge in [0.05, 0.1) is 11.9 Å². The molecule has 0 aromatic heterocycles. The Kier molecular flexibility index (Phi) is 8.66. The Morgan fingerprint density at radius 2 is 1.68 bits per heavy atom. The summed E-state index contributed by atoms with van der Waals surface area (Å²) >= 11 is 0. The van der Waals surface area contributed by atoms with Gasteiger partial charge in [0, 0.05) is 12.6 Å². The highest BCUT2D eigenvalue weighted by atomic mass is 32.2. The van der Waals surface area contributed by atoms with Crippen LogP contribution in [0.1, 0.15) is 44.6 Å². The predicted molar refractivity (Wildman–Crippen MR) is 130 cm³/mol. The topological polar surface area (TPSA) is 86.8 Å². The third-order valence-electron chi connectivity index (χ3n) is 6.08. The van der Waals surface area contributed by atoms with Gasteiger partial charge in [-0.2, -0.15) is 0 Å². The zero-order valence-corrected chi connectivity index (χ0v) is 20.4. The van der Waals surface area contributed by atoms with Crippen molar-refractivity contribution in [1.82, 2.24) is 10.2 Å². The van der Waals surface area contributed by atoms with Gasteiger partial charge in [0.25, 0.3) is 0 Å². The number of rotatable bonds is 10. The molecule has 1 N–H and O–H groups in total. The molecule has 3 rings (SSSR count). The highest BCUT2D eigenvalue weighted by Crippen LogP contribution is 2.21. The molecule has 0 heterocycles. The highest BCUT2D eigenvalue weighted by molar-refractivity contribution is 7.92. The minimum atomic E-state index is -3.76. The van der Waals surface area contributed by atoms with Crippen molar-refractivity contribution < 1.29 is 22.4 Å². The van der Waals surface area contributed by atoms with Gasteiger partial charge in [-0.1, -0.05) is 50.1 Å². The van der Waals surface area contributed by atoms with Gasteiger partial charge in [0.15, 0.2) is 0 Å². The summed E-state index contributed by atoms with van der Waals surface area (Å²) in [6.45, 7) is 1.43. The number of para-hydroxylation sites is 1. The number of hydrogen-bond acceptors (Lipinski definition) is 4. The molecule has 0 saturated heterocycles. The van der Waals surface area contributed by atoms with Gasteiger partial charge in [-0.05, 0) is 49.1 Å². The number of carbonyl (C=O) groups is 2. The Hall–Kier alpha value is -2.94. The molecule has 2 aromatic rings. The van der Waals surface area contributed by atoms with Crippen LogP contribution in [-0.4, -0.2) is 50.0 Å². The lowest BCUT2D eigenvalue weighted by Crippen LogP contribution is -2.53. The molecule has 9 heteroatoms. The van der Waals surface area contributed by atoms with Gasteiger partial charge in [-0.15, -0.1) is 0 Å². The number of anilines is 1. The Labute approximate surface area is 201 Å². The fraction of sp³-hybridized carbons (Fsp3) is 0.440. The van der Waals surface area contributed by atoms with Crippen LogP contribution in [0, 0.1) is 5.82 Å². The molecular weight excluding hydrogens is 457 g/mol. The lowest BCUT2D eigenvalue weighted by molar-refractivity contribution is -0.140. The molecule has 2 aromatic carbocycles. The Bertz CT molecular complexity index is 1070. The number of halogens is 1. The van der Waals surface area contributed by atoms with Crippen molar-refractivity contribution >= 4 is 27.5 Å². The molecule has 0 unspecified atom stereocenters. The summed E-state index contributed by atoms with van der Waals surface area (Å²) in [4.78, 5) is 28.1. The van der Waals surface area contributed by atoms with E-state index in [0.717, 1.165) is 36.2 Å². The quantitative estimate of drug-likeness (QED) is 0.554. The highest BCUT2D eigenvalue weighted by Gasteiger charge is 2.32. The fourth-order valence-corrected chi connectivity index (χ4v) is 5.13. The van der Waals surface area contributed by atoms with Crippen LogP contribution in [0.15, 0.2) is 54.6 Å². The third kappa shape index (κ3) is 6.79.